The molecular formula is C20H21F2N4O2+. The van der Waals surface area contributed by atoms with Crippen LogP contribution in [0.2, 0.25) is 0 Å². The van der Waals surface area contributed by atoms with Gasteiger partial charge in [-0.1, -0.05) is 0 Å². The number of hydrogen-bond donors (Lipinski definition) is 2. The summed E-state index contributed by atoms with van der Waals surface area (Å²) in [7, 11) is 1.55. The molecule has 1 aliphatic rings. The summed E-state index contributed by atoms with van der Waals surface area (Å²) in [5.74, 6) is -4.19. The van der Waals surface area contributed by atoms with Gasteiger partial charge in [0.05, 0.1) is 12.7 Å². The second-order valence-electron chi connectivity index (χ2n) is 6.57. The minimum atomic E-state index is -3.49. The van der Waals surface area contributed by atoms with Crippen molar-refractivity contribution >= 4 is 29.2 Å². The zero-order chi connectivity index (χ0) is 20.5. The van der Waals surface area contributed by atoms with E-state index in [-0.39, 0.29) is 0 Å². The normalized spacial score (nSPS) is 15.8. The molecule has 0 bridgehead atoms. The van der Waals surface area contributed by atoms with Crippen LogP contribution in [-0.2, 0) is 4.79 Å². The fourth-order valence-corrected chi connectivity index (χ4v) is 2.95. The molecule has 8 heteroatoms. The molecule has 2 aromatic rings. The molecule has 3 rings (SSSR count). The standard InChI is InChI=1S/C20H20F2N4O2/c1-12(25-19(27)20(2,21)22)18(13-4-7-16(28-3)8-5-13)26-17-9-6-15(23)10-14(17)11-24-26/h4-12H,23H2,1-3H3/p+1/b26-18+/t12-/m0/s1. The van der Waals surface area contributed by atoms with Gasteiger partial charge in [0.15, 0.2) is 0 Å². The molecule has 2 aromatic carbocycles. The summed E-state index contributed by atoms with van der Waals surface area (Å²) in [5, 5.41) is 6.77. The Balaban J connectivity index is 2.11. The second-order valence-corrected chi connectivity index (χ2v) is 6.57. The van der Waals surface area contributed by atoms with Crippen LogP contribution in [0.4, 0.5) is 20.2 Å². The van der Waals surface area contributed by atoms with Crippen LogP contribution in [0, 0.1) is 0 Å². The first-order valence-corrected chi connectivity index (χ1v) is 8.64. The Hall–Kier alpha value is -3.29. The third-order valence-electron chi connectivity index (χ3n) is 4.36. The molecule has 1 aliphatic heterocycles. The van der Waals surface area contributed by atoms with Crippen LogP contribution in [0.3, 0.4) is 0 Å². The number of alkyl halides is 2. The molecule has 0 spiro atoms. The maximum absolute atomic E-state index is 13.4. The van der Waals surface area contributed by atoms with Gasteiger partial charge in [0.25, 0.3) is 5.91 Å². The van der Waals surface area contributed by atoms with Crippen LogP contribution >= 0.6 is 0 Å². The summed E-state index contributed by atoms with van der Waals surface area (Å²) in [6.07, 6.45) is 1.64. The Labute approximate surface area is 161 Å². The number of ether oxygens (including phenoxy) is 1. The number of nitrogens with two attached hydrogens (primary N) is 1. The van der Waals surface area contributed by atoms with Gasteiger partial charge in [0, 0.05) is 24.2 Å². The van der Waals surface area contributed by atoms with Gasteiger partial charge < -0.3 is 15.8 Å². The Kier molecular flexibility index (Phi) is 5.13. The Morgan fingerprint density at radius 1 is 1.25 bits per heavy atom. The van der Waals surface area contributed by atoms with E-state index in [2.05, 4.69) is 10.4 Å². The van der Waals surface area contributed by atoms with Gasteiger partial charge >= 0.3 is 5.92 Å². The number of rotatable bonds is 5. The third kappa shape index (κ3) is 3.85. The number of carbonyl (C=O) groups excluding carboxylic acids is 1. The average Bonchev–Trinajstić information content (AvgIpc) is 3.04. The minimum absolute atomic E-state index is 0.542. The Morgan fingerprint density at radius 3 is 2.54 bits per heavy atom. The SMILES string of the molecule is COc1ccc(/C([C@H](C)NC(=O)C(C)(F)F)=[N+]2/N=Cc3cc(N)ccc32)cc1. The van der Waals surface area contributed by atoms with Crippen molar-refractivity contribution in [2.75, 3.05) is 12.8 Å². The number of nitrogens with one attached hydrogen (secondary N) is 1. The predicted octanol–water partition coefficient (Wildman–Crippen LogP) is 2.92. The molecule has 0 fully saturated rings. The summed E-state index contributed by atoms with van der Waals surface area (Å²) in [6.45, 7) is 2.20. The molecule has 1 amide bonds. The summed E-state index contributed by atoms with van der Waals surface area (Å²) in [6, 6.07) is 11.6. The van der Waals surface area contributed by atoms with Crippen molar-refractivity contribution in [2.24, 2.45) is 5.10 Å². The molecule has 28 heavy (non-hydrogen) atoms. The lowest BCUT2D eigenvalue weighted by atomic mass is 10.0. The highest BCUT2D eigenvalue weighted by molar-refractivity contribution is 6.04. The van der Waals surface area contributed by atoms with Crippen molar-refractivity contribution < 1.29 is 23.0 Å². The van der Waals surface area contributed by atoms with Crippen LogP contribution in [-0.4, -0.2) is 41.6 Å². The number of nitrogen functional groups attached to an aromatic ring is 1. The van der Waals surface area contributed by atoms with E-state index in [1.54, 1.807) is 67.4 Å². The number of amides is 1. The largest absolute Gasteiger partial charge is 0.497 e. The quantitative estimate of drug-likeness (QED) is 0.612. The lowest BCUT2D eigenvalue weighted by Gasteiger charge is -2.17. The van der Waals surface area contributed by atoms with Crippen molar-refractivity contribution in [1.29, 1.82) is 0 Å². The molecular weight excluding hydrogens is 366 g/mol. The van der Waals surface area contributed by atoms with Gasteiger partial charge in [-0.25, -0.2) is 0 Å². The topological polar surface area (TPSA) is 79.7 Å². The van der Waals surface area contributed by atoms with Crippen LogP contribution in [0.1, 0.15) is 25.0 Å². The van der Waals surface area contributed by atoms with Crippen LogP contribution in [0.25, 0.3) is 0 Å². The molecule has 0 aromatic heterocycles. The lowest BCUT2D eigenvalue weighted by molar-refractivity contribution is -0.441. The van der Waals surface area contributed by atoms with Crippen molar-refractivity contribution in [3.8, 4) is 5.75 Å². The molecule has 0 aliphatic carbocycles. The first kappa shape index (κ1) is 19.5. The predicted molar refractivity (Wildman–Crippen MR) is 104 cm³/mol. The monoisotopic (exact) mass is 387 g/mol. The molecule has 3 N–H and O–H groups in total. The highest BCUT2D eigenvalue weighted by Crippen LogP contribution is 2.27. The van der Waals surface area contributed by atoms with E-state index >= 15 is 0 Å². The van der Waals surface area contributed by atoms with Gasteiger partial charge in [0.2, 0.25) is 11.4 Å². The fourth-order valence-electron chi connectivity index (χ4n) is 2.95. The maximum Gasteiger partial charge on any atom is 0.321 e. The summed E-state index contributed by atoms with van der Waals surface area (Å²) < 4.78 is 33.6. The summed E-state index contributed by atoms with van der Waals surface area (Å²) in [4.78, 5) is 11.8. The molecule has 0 saturated heterocycles. The van der Waals surface area contributed by atoms with Crippen LogP contribution in [0.5, 0.6) is 5.75 Å². The molecule has 0 unspecified atom stereocenters. The van der Waals surface area contributed by atoms with E-state index in [9.17, 15) is 13.6 Å². The van der Waals surface area contributed by atoms with E-state index in [1.165, 1.54) is 0 Å². The minimum Gasteiger partial charge on any atom is -0.497 e. The van der Waals surface area contributed by atoms with Gasteiger partial charge in [-0.3, -0.25) is 4.79 Å². The van der Waals surface area contributed by atoms with E-state index < -0.39 is 17.9 Å². The molecule has 6 nitrogen and oxygen atoms in total. The number of fused-ring (bicyclic) bond motifs is 1. The number of methoxy groups -OCH3 is 1. The van der Waals surface area contributed by atoms with E-state index in [0.29, 0.717) is 29.6 Å². The number of carbonyl (C=O) groups is 1. The van der Waals surface area contributed by atoms with Crippen LogP contribution < -0.4 is 15.8 Å². The summed E-state index contributed by atoms with van der Waals surface area (Å²) in [5.41, 5.74) is 9.20. The number of hydrazone groups is 1. The fraction of sp³-hybridized carbons (Fsp3) is 0.250. The number of nitrogens with zero attached hydrogens (tertiary/aromatic N) is 2. The van der Waals surface area contributed by atoms with E-state index in [0.717, 1.165) is 11.3 Å². The maximum atomic E-state index is 13.4. The van der Waals surface area contributed by atoms with Gasteiger partial charge in [-0.2, -0.15) is 8.78 Å². The van der Waals surface area contributed by atoms with Crippen molar-refractivity contribution in [2.45, 2.75) is 25.8 Å². The molecule has 0 saturated carbocycles. The summed E-state index contributed by atoms with van der Waals surface area (Å²) >= 11 is 0. The number of halogens is 2. The number of hydrogen-bond acceptors (Lipinski definition) is 4. The van der Waals surface area contributed by atoms with E-state index in [1.807, 2.05) is 0 Å². The second kappa shape index (κ2) is 7.38. The molecule has 0 radical (unpaired) electrons. The number of benzene rings is 2. The first-order chi connectivity index (χ1) is 13.2. The van der Waals surface area contributed by atoms with Gasteiger partial charge in [0.1, 0.15) is 18.0 Å². The smallest absolute Gasteiger partial charge is 0.321 e. The Bertz CT molecular complexity index is 963. The highest BCUT2D eigenvalue weighted by atomic mass is 19.3. The van der Waals surface area contributed by atoms with Crippen molar-refractivity contribution in [3.63, 3.8) is 0 Å². The van der Waals surface area contributed by atoms with Gasteiger partial charge in [-0.05, 0) is 53.1 Å². The Morgan fingerprint density at radius 2 is 1.93 bits per heavy atom. The van der Waals surface area contributed by atoms with E-state index in [4.69, 9.17) is 10.5 Å². The lowest BCUT2D eigenvalue weighted by Crippen LogP contribution is -2.47. The van der Waals surface area contributed by atoms with Crippen LogP contribution in [0.15, 0.2) is 47.6 Å². The third-order valence-corrected chi connectivity index (χ3v) is 4.36. The van der Waals surface area contributed by atoms with Gasteiger partial charge in [-0.15, -0.1) is 0 Å². The zero-order valence-electron chi connectivity index (χ0n) is 15.7. The molecule has 1 atom stereocenters. The molecule has 146 valence electrons. The molecule has 1 heterocycles. The van der Waals surface area contributed by atoms with Crippen molar-refractivity contribution in [1.82, 2.24) is 5.32 Å². The average molecular weight is 387 g/mol. The zero-order valence-corrected chi connectivity index (χ0v) is 15.7. The first-order valence-electron chi connectivity index (χ1n) is 8.64. The van der Waals surface area contributed by atoms with Crippen molar-refractivity contribution in [3.05, 3.63) is 53.6 Å². The highest BCUT2D eigenvalue weighted by Gasteiger charge is 2.37. The number of anilines is 1.